The lowest BCUT2D eigenvalue weighted by atomic mass is 10.1. The molecule has 3 rings (SSSR count). The predicted octanol–water partition coefficient (Wildman–Crippen LogP) is 0.520. The van der Waals surface area contributed by atoms with E-state index in [1.807, 2.05) is 4.90 Å². The number of carbonyl (C=O) groups excluding carboxylic acids is 2. The maximum atomic E-state index is 13.6. The molecule has 1 saturated heterocycles. The Hall–Kier alpha value is -2.06. The van der Waals surface area contributed by atoms with Gasteiger partial charge < -0.3 is 10.6 Å². The van der Waals surface area contributed by atoms with Gasteiger partial charge in [-0.15, -0.1) is 0 Å². The lowest BCUT2D eigenvalue weighted by Gasteiger charge is -2.33. The van der Waals surface area contributed by atoms with Crippen LogP contribution in [0.1, 0.15) is 18.4 Å². The molecular weight excluding hydrogens is 354 g/mol. The van der Waals surface area contributed by atoms with Crippen LogP contribution >= 0.6 is 0 Å². The van der Waals surface area contributed by atoms with Gasteiger partial charge in [-0.3, -0.25) is 19.4 Å². The molecule has 0 atom stereocenters. The van der Waals surface area contributed by atoms with Crippen LogP contribution in [0.3, 0.4) is 0 Å². The Bertz CT molecular complexity index is 653. The smallest absolute Gasteiger partial charge is 0.234 e. The summed E-state index contributed by atoms with van der Waals surface area (Å²) in [7, 11) is 0. The molecule has 1 aromatic rings. The van der Waals surface area contributed by atoms with Gasteiger partial charge in [0, 0.05) is 44.3 Å². The van der Waals surface area contributed by atoms with Crippen molar-refractivity contribution in [1.82, 2.24) is 20.4 Å². The number of amides is 2. The zero-order valence-corrected chi connectivity index (χ0v) is 15.3. The van der Waals surface area contributed by atoms with Gasteiger partial charge in [0.25, 0.3) is 0 Å². The molecule has 2 N–H and O–H groups in total. The number of hydrogen-bond acceptors (Lipinski definition) is 4. The lowest BCUT2D eigenvalue weighted by molar-refractivity contribution is -0.125. The summed E-state index contributed by atoms with van der Waals surface area (Å²) >= 11 is 0. The molecule has 2 amide bonds. The Kier molecular flexibility index (Phi) is 6.73. The van der Waals surface area contributed by atoms with E-state index < -0.39 is 11.6 Å². The first-order chi connectivity index (χ1) is 13.0. The number of benzene rings is 1. The highest BCUT2D eigenvalue weighted by Gasteiger charge is 2.25. The number of nitrogens with zero attached hydrogens (tertiary/aromatic N) is 2. The van der Waals surface area contributed by atoms with E-state index in [1.54, 1.807) is 0 Å². The van der Waals surface area contributed by atoms with Crippen LogP contribution in [0.2, 0.25) is 0 Å². The minimum atomic E-state index is -0.592. The summed E-state index contributed by atoms with van der Waals surface area (Å²) < 4.78 is 27.1. The van der Waals surface area contributed by atoms with Gasteiger partial charge in [0.05, 0.1) is 13.1 Å². The van der Waals surface area contributed by atoms with Crippen LogP contribution in [0.25, 0.3) is 0 Å². The summed E-state index contributed by atoms with van der Waals surface area (Å²) in [4.78, 5) is 28.0. The van der Waals surface area contributed by atoms with Gasteiger partial charge in [-0.1, -0.05) is 6.07 Å². The van der Waals surface area contributed by atoms with Gasteiger partial charge in [0.2, 0.25) is 11.8 Å². The fourth-order valence-electron chi connectivity index (χ4n) is 3.17. The second-order valence-corrected chi connectivity index (χ2v) is 7.19. The van der Waals surface area contributed by atoms with E-state index >= 15 is 0 Å². The Morgan fingerprint density at radius 1 is 0.963 bits per heavy atom. The molecule has 2 fully saturated rings. The second-order valence-electron chi connectivity index (χ2n) is 7.19. The van der Waals surface area contributed by atoms with Gasteiger partial charge in [0.1, 0.15) is 11.6 Å². The first-order valence-corrected chi connectivity index (χ1v) is 9.45. The first-order valence-electron chi connectivity index (χ1n) is 9.45. The molecule has 1 saturated carbocycles. The van der Waals surface area contributed by atoms with Crippen molar-refractivity contribution in [3.05, 3.63) is 35.4 Å². The highest BCUT2D eigenvalue weighted by atomic mass is 19.1. The van der Waals surface area contributed by atoms with Crippen LogP contribution in [0, 0.1) is 11.6 Å². The van der Waals surface area contributed by atoms with E-state index in [0.717, 1.165) is 25.9 Å². The highest BCUT2D eigenvalue weighted by Crippen LogP contribution is 2.18. The molecule has 6 nitrogen and oxygen atoms in total. The molecule has 1 aliphatic heterocycles. The average Bonchev–Trinajstić information content (AvgIpc) is 3.43. The number of hydrogen-bond donors (Lipinski definition) is 2. The Morgan fingerprint density at radius 2 is 1.52 bits per heavy atom. The monoisotopic (exact) mass is 380 g/mol. The number of rotatable bonds is 8. The van der Waals surface area contributed by atoms with Gasteiger partial charge >= 0.3 is 0 Å². The van der Waals surface area contributed by atoms with Crippen molar-refractivity contribution in [1.29, 1.82) is 0 Å². The Balaban J connectivity index is 1.31. The number of piperazine rings is 1. The average molecular weight is 380 g/mol. The fraction of sp³-hybridized carbons (Fsp3) is 0.579. The van der Waals surface area contributed by atoms with Gasteiger partial charge in [0.15, 0.2) is 0 Å². The summed E-state index contributed by atoms with van der Waals surface area (Å²) in [5.74, 6) is -1.27. The van der Waals surface area contributed by atoms with Crippen LogP contribution in [0.5, 0.6) is 0 Å². The van der Waals surface area contributed by atoms with Crippen LogP contribution in [-0.4, -0.2) is 73.5 Å². The van der Waals surface area contributed by atoms with Gasteiger partial charge in [-0.2, -0.15) is 0 Å². The van der Waals surface area contributed by atoms with Crippen molar-refractivity contribution in [2.45, 2.75) is 25.3 Å². The van der Waals surface area contributed by atoms with Crippen molar-refractivity contribution >= 4 is 11.8 Å². The van der Waals surface area contributed by atoms with Crippen molar-refractivity contribution < 1.29 is 18.4 Å². The van der Waals surface area contributed by atoms with Crippen LogP contribution < -0.4 is 10.6 Å². The highest BCUT2D eigenvalue weighted by molar-refractivity contribution is 5.79. The minimum absolute atomic E-state index is 0.00381. The summed E-state index contributed by atoms with van der Waals surface area (Å²) in [6.07, 6.45) is 2.28. The maximum absolute atomic E-state index is 13.6. The van der Waals surface area contributed by atoms with Crippen LogP contribution in [0.15, 0.2) is 18.2 Å². The topological polar surface area (TPSA) is 64.7 Å². The Labute approximate surface area is 157 Å². The van der Waals surface area contributed by atoms with Gasteiger partial charge in [-0.05, 0) is 31.4 Å². The third kappa shape index (κ3) is 6.25. The quantitative estimate of drug-likeness (QED) is 0.690. The molecule has 0 aromatic heterocycles. The standard InChI is InChI=1S/C19H26F2N4O2/c20-16-2-1-3-17(21)15(16)6-7-22-18(26)12-24-8-10-25(11-9-24)13-19(27)23-14-4-5-14/h1-3,14H,4-13H2,(H,22,26)(H,23,27). The molecule has 27 heavy (non-hydrogen) atoms. The molecule has 1 aromatic carbocycles. The van der Waals surface area contributed by atoms with E-state index in [9.17, 15) is 18.4 Å². The van der Waals surface area contributed by atoms with Gasteiger partial charge in [-0.25, -0.2) is 8.78 Å². The fourth-order valence-corrected chi connectivity index (χ4v) is 3.17. The summed E-state index contributed by atoms with van der Waals surface area (Å²) in [6, 6.07) is 4.12. The first kappa shape index (κ1) is 19.7. The summed E-state index contributed by atoms with van der Waals surface area (Å²) in [5, 5.41) is 5.69. The second kappa shape index (κ2) is 9.23. The third-order valence-electron chi connectivity index (χ3n) is 4.90. The molecule has 2 aliphatic rings. The lowest BCUT2D eigenvalue weighted by Crippen LogP contribution is -2.51. The zero-order valence-electron chi connectivity index (χ0n) is 15.3. The summed E-state index contributed by atoms with van der Waals surface area (Å²) in [6.45, 7) is 3.76. The summed E-state index contributed by atoms with van der Waals surface area (Å²) in [5.41, 5.74) is -0.00381. The van der Waals surface area contributed by atoms with Crippen molar-refractivity contribution in [2.24, 2.45) is 0 Å². The largest absolute Gasteiger partial charge is 0.355 e. The number of halogens is 2. The van der Waals surface area contributed by atoms with Crippen LogP contribution in [-0.2, 0) is 16.0 Å². The van der Waals surface area contributed by atoms with Crippen molar-refractivity contribution in [2.75, 3.05) is 45.8 Å². The van der Waals surface area contributed by atoms with E-state index in [-0.39, 0.29) is 36.9 Å². The van der Waals surface area contributed by atoms with Crippen LogP contribution in [0.4, 0.5) is 8.78 Å². The molecule has 148 valence electrons. The molecule has 1 heterocycles. The molecular formula is C19H26F2N4O2. The SMILES string of the molecule is O=C(CN1CCN(CC(=O)NC2CC2)CC1)NCCc1c(F)cccc1F. The number of carbonyl (C=O) groups is 2. The molecule has 0 bridgehead atoms. The molecule has 1 aliphatic carbocycles. The Morgan fingerprint density at radius 3 is 2.07 bits per heavy atom. The third-order valence-corrected chi connectivity index (χ3v) is 4.90. The maximum Gasteiger partial charge on any atom is 0.234 e. The van der Waals surface area contributed by atoms with E-state index in [2.05, 4.69) is 15.5 Å². The van der Waals surface area contributed by atoms with E-state index in [0.29, 0.717) is 25.7 Å². The van der Waals surface area contributed by atoms with E-state index in [1.165, 1.54) is 18.2 Å². The normalized spacial score (nSPS) is 18.3. The van der Waals surface area contributed by atoms with Crippen molar-refractivity contribution in [3.8, 4) is 0 Å². The molecule has 0 spiro atoms. The predicted molar refractivity (Wildman–Crippen MR) is 97.1 cm³/mol. The van der Waals surface area contributed by atoms with Crippen molar-refractivity contribution in [3.63, 3.8) is 0 Å². The van der Waals surface area contributed by atoms with E-state index in [4.69, 9.17) is 0 Å². The molecule has 8 heteroatoms. The number of nitrogens with one attached hydrogen (secondary N) is 2. The minimum Gasteiger partial charge on any atom is -0.355 e. The molecule has 0 radical (unpaired) electrons. The molecule has 0 unspecified atom stereocenters. The zero-order chi connectivity index (χ0) is 19.2.